The SMILES string of the molecule is C=C/C=C/[C@]12CC[C@](N3C(=O)OC[C@@H]3c3ccccc3)(O1)C(=O)C2. The molecule has 0 saturated carbocycles. The van der Waals surface area contributed by atoms with Crippen LogP contribution in [0.5, 0.6) is 0 Å². The number of allylic oxidation sites excluding steroid dienone is 2. The molecule has 24 heavy (non-hydrogen) atoms. The van der Waals surface area contributed by atoms with Crippen LogP contribution in [0.3, 0.4) is 0 Å². The summed E-state index contributed by atoms with van der Waals surface area (Å²) in [5.41, 5.74) is -0.894. The highest BCUT2D eigenvalue weighted by molar-refractivity contribution is 5.94. The Balaban J connectivity index is 1.71. The molecule has 124 valence electrons. The second kappa shape index (κ2) is 5.31. The number of carbonyl (C=O) groups is 2. The highest BCUT2D eigenvalue weighted by Gasteiger charge is 2.67. The van der Waals surface area contributed by atoms with Gasteiger partial charge in [0.2, 0.25) is 5.72 Å². The van der Waals surface area contributed by atoms with Crippen LogP contribution in [0.15, 0.2) is 55.1 Å². The molecule has 0 N–H and O–H groups in total. The average Bonchev–Trinajstić information content (AvgIpc) is 3.24. The predicted molar refractivity (Wildman–Crippen MR) is 87.1 cm³/mol. The molecule has 5 nitrogen and oxygen atoms in total. The van der Waals surface area contributed by atoms with Gasteiger partial charge in [-0.2, -0.15) is 0 Å². The molecule has 3 atom stereocenters. The fraction of sp³-hybridized carbons (Fsp3) is 0.368. The van der Waals surface area contributed by atoms with Crippen molar-refractivity contribution in [1.29, 1.82) is 0 Å². The smallest absolute Gasteiger partial charge is 0.413 e. The summed E-state index contributed by atoms with van der Waals surface area (Å²) in [6.07, 6.45) is 6.33. The molecule has 3 heterocycles. The van der Waals surface area contributed by atoms with Gasteiger partial charge in [0.1, 0.15) is 6.61 Å². The summed E-state index contributed by atoms with van der Waals surface area (Å²) in [7, 11) is 0. The summed E-state index contributed by atoms with van der Waals surface area (Å²) in [5.74, 6) is -0.0535. The largest absolute Gasteiger partial charge is 0.447 e. The van der Waals surface area contributed by atoms with Crippen molar-refractivity contribution in [3.8, 4) is 0 Å². The van der Waals surface area contributed by atoms with Crippen molar-refractivity contribution in [1.82, 2.24) is 4.90 Å². The van der Waals surface area contributed by atoms with Gasteiger partial charge in [0.25, 0.3) is 0 Å². The molecular weight excluding hydrogens is 306 g/mol. The van der Waals surface area contributed by atoms with Crippen LogP contribution in [-0.2, 0) is 14.3 Å². The van der Waals surface area contributed by atoms with Crippen LogP contribution in [-0.4, -0.2) is 34.7 Å². The lowest BCUT2D eigenvalue weighted by atomic mass is 9.83. The normalized spacial score (nSPS) is 35.0. The number of benzene rings is 1. The fourth-order valence-electron chi connectivity index (χ4n) is 4.01. The molecule has 0 spiro atoms. The molecule has 1 amide bonds. The Morgan fingerprint density at radius 2 is 2.00 bits per heavy atom. The Morgan fingerprint density at radius 1 is 1.21 bits per heavy atom. The number of amides is 1. The molecule has 2 bridgehead atoms. The second-order valence-electron chi connectivity index (χ2n) is 6.52. The van der Waals surface area contributed by atoms with Gasteiger partial charge in [-0.1, -0.05) is 55.1 Å². The van der Waals surface area contributed by atoms with Crippen molar-refractivity contribution in [3.63, 3.8) is 0 Å². The minimum absolute atomic E-state index is 0.0535. The number of Topliss-reactive ketones (excluding diaryl/α,β-unsaturated/α-hetero) is 1. The first kappa shape index (κ1) is 15.1. The van der Waals surface area contributed by atoms with Crippen LogP contribution in [0.4, 0.5) is 4.79 Å². The molecule has 0 aromatic heterocycles. The van der Waals surface area contributed by atoms with Crippen molar-refractivity contribution in [2.75, 3.05) is 6.61 Å². The van der Waals surface area contributed by atoms with Crippen LogP contribution in [0, 0.1) is 0 Å². The minimum Gasteiger partial charge on any atom is -0.447 e. The standard InChI is InChI=1S/C19H19NO4/c1-2-3-9-18-10-11-19(24-18,16(21)12-18)20-15(13-23-17(20)22)14-7-5-4-6-8-14/h2-9,15H,1,10-13H2/b9-3+/t15-,18-,19+/m1/s1. The number of ether oxygens (including phenoxy) is 2. The number of fused-ring (bicyclic) bond motifs is 2. The molecule has 5 heteroatoms. The highest BCUT2D eigenvalue weighted by atomic mass is 16.6. The van der Waals surface area contributed by atoms with Crippen molar-refractivity contribution >= 4 is 11.9 Å². The quantitative estimate of drug-likeness (QED) is 0.798. The highest BCUT2D eigenvalue weighted by Crippen LogP contribution is 2.54. The van der Waals surface area contributed by atoms with E-state index in [1.54, 1.807) is 12.2 Å². The zero-order valence-corrected chi connectivity index (χ0v) is 13.3. The summed E-state index contributed by atoms with van der Waals surface area (Å²) < 4.78 is 11.5. The number of cyclic esters (lactones) is 1. The van der Waals surface area contributed by atoms with Crippen molar-refractivity contribution in [2.45, 2.75) is 36.6 Å². The van der Waals surface area contributed by atoms with Gasteiger partial charge >= 0.3 is 6.09 Å². The van der Waals surface area contributed by atoms with Crippen molar-refractivity contribution < 1.29 is 19.1 Å². The first-order chi connectivity index (χ1) is 11.6. The van der Waals surface area contributed by atoms with E-state index in [0.717, 1.165) is 5.56 Å². The maximum atomic E-state index is 12.8. The average molecular weight is 325 g/mol. The van der Waals surface area contributed by atoms with E-state index in [1.807, 2.05) is 36.4 Å². The van der Waals surface area contributed by atoms with Crippen LogP contribution < -0.4 is 0 Å². The van der Waals surface area contributed by atoms with Gasteiger partial charge in [-0.3, -0.25) is 9.69 Å². The molecule has 3 aliphatic heterocycles. The van der Waals surface area contributed by atoms with E-state index in [1.165, 1.54) is 4.90 Å². The Labute approximate surface area is 140 Å². The van der Waals surface area contributed by atoms with Gasteiger partial charge in [0, 0.05) is 12.8 Å². The van der Waals surface area contributed by atoms with E-state index < -0.39 is 17.4 Å². The number of ketones is 1. The molecular formula is C19H19NO4. The van der Waals surface area contributed by atoms with E-state index in [9.17, 15) is 9.59 Å². The zero-order chi connectivity index (χ0) is 16.8. The van der Waals surface area contributed by atoms with Gasteiger partial charge in [-0.15, -0.1) is 0 Å². The Bertz CT molecular complexity index is 728. The second-order valence-corrected chi connectivity index (χ2v) is 6.52. The molecule has 3 fully saturated rings. The Hall–Kier alpha value is -2.40. The lowest BCUT2D eigenvalue weighted by molar-refractivity contribution is -0.152. The molecule has 3 aliphatic rings. The molecule has 4 rings (SSSR count). The predicted octanol–water partition coefficient (Wildman–Crippen LogP) is 3.14. The zero-order valence-electron chi connectivity index (χ0n) is 13.3. The third kappa shape index (κ3) is 2.04. The van der Waals surface area contributed by atoms with Gasteiger partial charge in [0.15, 0.2) is 5.78 Å². The third-order valence-corrected chi connectivity index (χ3v) is 5.14. The van der Waals surface area contributed by atoms with Crippen LogP contribution >= 0.6 is 0 Å². The number of carbonyl (C=O) groups excluding carboxylic acids is 2. The minimum atomic E-state index is -1.21. The van der Waals surface area contributed by atoms with Crippen LogP contribution in [0.2, 0.25) is 0 Å². The van der Waals surface area contributed by atoms with Crippen molar-refractivity contribution in [2.24, 2.45) is 0 Å². The van der Waals surface area contributed by atoms with E-state index in [4.69, 9.17) is 9.47 Å². The summed E-state index contributed by atoms with van der Waals surface area (Å²) in [5, 5.41) is 0. The first-order valence-electron chi connectivity index (χ1n) is 8.15. The molecule has 0 unspecified atom stereocenters. The number of hydrogen-bond acceptors (Lipinski definition) is 4. The van der Waals surface area contributed by atoms with E-state index in [2.05, 4.69) is 6.58 Å². The Kier molecular flexibility index (Phi) is 3.35. The van der Waals surface area contributed by atoms with Gasteiger partial charge < -0.3 is 9.47 Å². The van der Waals surface area contributed by atoms with E-state index in [-0.39, 0.29) is 24.9 Å². The van der Waals surface area contributed by atoms with Gasteiger partial charge in [0.05, 0.1) is 11.6 Å². The summed E-state index contributed by atoms with van der Waals surface area (Å²) >= 11 is 0. The maximum Gasteiger partial charge on any atom is 0.413 e. The molecule has 3 saturated heterocycles. The maximum absolute atomic E-state index is 12.8. The molecule has 0 radical (unpaired) electrons. The Morgan fingerprint density at radius 3 is 2.71 bits per heavy atom. The summed E-state index contributed by atoms with van der Waals surface area (Å²) in [6, 6.07) is 9.32. The monoisotopic (exact) mass is 325 g/mol. The topological polar surface area (TPSA) is 55.8 Å². The number of rotatable bonds is 4. The summed E-state index contributed by atoms with van der Waals surface area (Å²) in [6.45, 7) is 3.90. The third-order valence-electron chi connectivity index (χ3n) is 5.14. The number of hydrogen-bond donors (Lipinski definition) is 0. The lowest BCUT2D eigenvalue weighted by Crippen LogP contribution is -2.53. The van der Waals surface area contributed by atoms with E-state index in [0.29, 0.717) is 12.8 Å². The summed E-state index contributed by atoms with van der Waals surface area (Å²) in [4.78, 5) is 26.7. The van der Waals surface area contributed by atoms with Gasteiger partial charge in [-0.05, 0) is 12.0 Å². The van der Waals surface area contributed by atoms with E-state index >= 15 is 0 Å². The first-order valence-corrected chi connectivity index (χ1v) is 8.15. The molecule has 1 aromatic rings. The fourth-order valence-corrected chi connectivity index (χ4v) is 4.01. The molecule has 1 aromatic carbocycles. The molecule has 0 aliphatic carbocycles. The number of nitrogens with zero attached hydrogens (tertiary/aromatic N) is 1. The van der Waals surface area contributed by atoms with Crippen LogP contribution in [0.25, 0.3) is 0 Å². The van der Waals surface area contributed by atoms with Gasteiger partial charge in [-0.25, -0.2) is 4.79 Å². The van der Waals surface area contributed by atoms with Crippen LogP contribution in [0.1, 0.15) is 30.9 Å². The lowest BCUT2D eigenvalue weighted by Gasteiger charge is -2.35. The van der Waals surface area contributed by atoms with Crippen molar-refractivity contribution in [3.05, 3.63) is 60.7 Å².